The first-order chi connectivity index (χ1) is 14.5. The zero-order chi connectivity index (χ0) is 21.5. The molecule has 1 atom stereocenters. The summed E-state index contributed by atoms with van der Waals surface area (Å²) in [6, 6.07) is 14.6. The van der Waals surface area contributed by atoms with Crippen LogP contribution in [0, 0.1) is 0 Å². The first-order valence-electron chi connectivity index (χ1n) is 9.76. The molecule has 0 saturated carbocycles. The highest BCUT2D eigenvalue weighted by molar-refractivity contribution is 7.09. The van der Waals surface area contributed by atoms with Gasteiger partial charge in [-0.05, 0) is 55.8 Å². The third-order valence-corrected chi connectivity index (χ3v) is 5.93. The number of methoxy groups -OCH3 is 1. The molecule has 3 rings (SSSR count). The molecule has 1 heterocycles. The summed E-state index contributed by atoms with van der Waals surface area (Å²) in [5.74, 6) is 1.38. The molecule has 2 aromatic carbocycles. The van der Waals surface area contributed by atoms with E-state index in [1.54, 1.807) is 25.3 Å². The Bertz CT molecular complexity index is 975. The van der Waals surface area contributed by atoms with Crippen LogP contribution in [0.3, 0.4) is 0 Å². The molecule has 0 aliphatic heterocycles. The van der Waals surface area contributed by atoms with E-state index in [2.05, 4.69) is 18.8 Å². The molecular formula is C23H25ClN2O3S. The highest BCUT2D eigenvalue weighted by Gasteiger charge is 2.22. The molecule has 0 saturated heterocycles. The topological polar surface area (TPSA) is 51.7 Å². The molecule has 3 aromatic rings. The van der Waals surface area contributed by atoms with Crippen LogP contribution in [0.2, 0.25) is 5.02 Å². The molecule has 30 heavy (non-hydrogen) atoms. The molecule has 158 valence electrons. The number of halogens is 1. The van der Waals surface area contributed by atoms with Crippen LogP contribution in [0.5, 0.6) is 11.5 Å². The maximum atomic E-state index is 13.2. The molecule has 0 aliphatic carbocycles. The van der Waals surface area contributed by atoms with Crippen LogP contribution < -0.4 is 9.47 Å². The smallest absolute Gasteiger partial charge is 0.254 e. The molecule has 0 spiro atoms. The summed E-state index contributed by atoms with van der Waals surface area (Å²) in [7, 11) is 1.60. The fraction of sp³-hybridized carbons (Fsp3) is 0.304. The van der Waals surface area contributed by atoms with Gasteiger partial charge in [0.2, 0.25) is 0 Å². The minimum absolute atomic E-state index is 0.0322. The van der Waals surface area contributed by atoms with E-state index < -0.39 is 0 Å². The van der Waals surface area contributed by atoms with Gasteiger partial charge in [-0.15, -0.1) is 11.3 Å². The van der Waals surface area contributed by atoms with Crippen LogP contribution in [-0.2, 0) is 13.2 Å². The van der Waals surface area contributed by atoms with Crippen molar-refractivity contribution in [3.05, 3.63) is 75.2 Å². The number of aromatic nitrogens is 1. The SMILES string of the molecule is CCC(C)N(Cc1csc(COc2ccc(Cl)cc2)n1)C(=O)c1cccc(OC)c1. The highest BCUT2D eigenvalue weighted by atomic mass is 35.5. The van der Waals surface area contributed by atoms with E-state index in [-0.39, 0.29) is 11.9 Å². The zero-order valence-corrected chi connectivity index (χ0v) is 18.9. The van der Waals surface area contributed by atoms with Crippen molar-refractivity contribution in [2.24, 2.45) is 0 Å². The normalized spacial score (nSPS) is 11.7. The summed E-state index contributed by atoms with van der Waals surface area (Å²) < 4.78 is 11.0. The highest BCUT2D eigenvalue weighted by Crippen LogP contribution is 2.21. The van der Waals surface area contributed by atoms with E-state index in [4.69, 9.17) is 21.1 Å². The lowest BCUT2D eigenvalue weighted by Crippen LogP contribution is -2.37. The van der Waals surface area contributed by atoms with Crippen molar-refractivity contribution in [3.8, 4) is 11.5 Å². The molecular weight excluding hydrogens is 420 g/mol. The Morgan fingerprint density at radius 2 is 1.97 bits per heavy atom. The number of benzene rings is 2. The molecule has 5 nitrogen and oxygen atoms in total. The van der Waals surface area contributed by atoms with Crippen LogP contribution in [0.15, 0.2) is 53.9 Å². The van der Waals surface area contributed by atoms with Crippen molar-refractivity contribution in [1.82, 2.24) is 9.88 Å². The second-order valence-electron chi connectivity index (χ2n) is 6.90. The van der Waals surface area contributed by atoms with E-state index in [1.165, 1.54) is 11.3 Å². The molecule has 0 bridgehead atoms. The van der Waals surface area contributed by atoms with Gasteiger partial charge in [-0.25, -0.2) is 4.98 Å². The van der Waals surface area contributed by atoms with Crippen molar-refractivity contribution >= 4 is 28.8 Å². The van der Waals surface area contributed by atoms with Gasteiger partial charge in [0.05, 0.1) is 19.3 Å². The molecule has 0 N–H and O–H groups in total. The summed E-state index contributed by atoms with van der Waals surface area (Å²) in [6.07, 6.45) is 0.854. The molecule has 7 heteroatoms. The van der Waals surface area contributed by atoms with Gasteiger partial charge >= 0.3 is 0 Å². The lowest BCUT2D eigenvalue weighted by molar-refractivity contribution is 0.0668. The lowest BCUT2D eigenvalue weighted by Gasteiger charge is -2.28. The molecule has 0 fully saturated rings. The number of nitrogens with zero attached hydrogens (tertiary/aromatic N) is 2. The number of carbonyl (C=O) groups is 1. The van der Waals surface area contributed by atoms with E-state index in [0.717, 1.165) is 22.9 Å². The van der Waals surface area contributed by atoms with E-state index >= 15 is 0 Å². The number of ether oxygens (including phenoxy) is 2. The monoisotopic (exact) mass is 444 g/mol. The van der Waals surface area contributed by atoms with Crippen LogP contribution in [0.25, 0.3) is 0 Å². The maximum Gasteiger partial charge on any atom is 0.254 e. The quantitative estimate of drug-likeness (QED) is 0.417. The van der Waals surface area contributed by atoms with Crippen molar-refractivity contribution in [3.63, 3.8) is 0 Å². The van der Waals surface area contributed by atoms with E-state index in [0.29, 0.717) is 29.5 Å². The average molecular weight is 445 g/mol. The number of carbonyl (C=O) groups excluding carboxylic acids is 1. The van der Waals surface area contributed by atoms with Crippen LogP contribution >= 0.6 is 22.9 Å². The second kappa shape index (κ2) is 10.5. The first kappa shape index (κ1) is 22.1. The summed E-state index contributed by atoms with van der Waals surface area (Å²) in [5.41, 5.74) is 1.46. The summed E-state index contributed by atoms with van der Waals surface area (Å²) >= 11 is 7.43. The first-order valence-corrected chi connectivity index (χ1v) is 11.0. The fourth-order valence-corrected chi connectivity index (χ4v) is 3.73. The Kier molecular flexibility index (Phi) is 7.71. The van der Waals surface area contributed by atoms with Crippen molar-refractivity contribution in [1.29, 1.82) is 0 Å². The second-order valence-corrected chi connectivity index (χ2v) is 8.28. The largest absolute Gasteiger partial charge is 0.497 e. The summed E-state index contributed by atoms with van der Waals surface area (Å²) in [6.45, 7) is 4.94. The van der Waals surface area contributed by atoms with Gasteiger partial charge in [0.15, 0.2) is 0 Å². The predicted molar refractivity (Wildman–Crippen MR) is 121 cm³/mol. The number of hydrogen-bond acceptors (Lipinski definition) is 5. The van der Waals surface area contributed by atoms with Gasteiger partial charge < -0.3 is 14.4 Å². The molecule has 0 radical (unpaired) electrons. The van der Waals surface area contributed by atoms with Gasteiger partial charge in [0, 0.05) is 22.0 Å². The van der Waals surface area contributed by atoms with Gasteiger partial charge in [-0.2, -0.15) is 0 Å². The molecule has 1 unspecified atom stereocenters. The standard InChI is InChI=1S/C23H25ClN2O3S/c1-4-16(2)26(23(27)17-6-5-7-21(12-17)28-3)13-19-15-30-22(25-19)14-29-20-10-8-18(24)9-11-20/h5-12,15-16H,4,13-14H2,1-3H3. The maximum absolute atomic E-state index is 13.2. The number of amides is 1. The minimum Gasteiger partial charge on any atom is -0.497 e. The van der Waals surface area contributed by atoms with Crippen LogP contribution in [0.1, 0.15) is 41.3 Å². The lowest BCUT2D eigenvalue weighted by atomic mass is 10.1. The number of hydrogen-bond donors (Lipinski definition) is 0. The number of rotatable bonds is 9. The molecule has 1 amide bonds. The van der Waals surface area contributed by atoms with Crippen LogP contribution in [0.4, 0.5) is 0 Å². The van der Waals surface area contributed by atoms with Gasteiger partial charge in [0.25, 0.3) is 5.91 Å². The Balaban J connectivity index is 1.69. The average Bonchev–Trinajstić information content (AvgIpc) is 3.23. The summed E-state index contributed by atoms with van der Waals surface area (Å²) in [4.78, 5) is 19.7. The Labute approximate surface area is 186 Å². The Morgan fingerprint density at radius 3 is 2.67 bits per heavy atom. The molecule has 0 aliphatic rings. The van der Waals surface area contributed by atoms with Gasteiger partial charge in [0.1, 0.15) is 23.1 Å². The van der Waals surface area contributed by atoms with Crippen molar-refractivity contribution in [2.75, 3.05) is 7.11 Å². The van der Waals surface area contributed by atoms with Gasteiger partial charge in [-0.3, -0.25) is 4.79 Å². The summed E-state index contributed by atoms with van der Waals surface area (Å²) in [5, 5.41) is 3.51. The predicted octanol–water partition coefficient (Wildman–Crippen LogP) is 5.83. The van der Waals surface area contributed by atoms with Crippen molar-refractivity contribution in [2.45, 2.75) is 39.5 Å². The minimum atomic E-state index is -0.0322. The van der Waals surface area contributed by atoms with E-state index in [1.807, 2.05) is 40.6 Å². The zero-order valence-electron chi connectivity index (χ0n) is 17.3. The third kappa shape index (κ3) is 5.74. The Hall–Kier alpha value is -2.57. The van der Waals surface area contributed by atoms with Gasteiger partial charge in [-0.1, -0.05) is 24.6 Å². The van der Waals surface area contributed by atoms with Crippen molar-refractivity contribution < 1.29 is 14.3 Å². The Morgan fingerprint density at radius 1 is 1.20 bits per heavy atom. The fourth-order valence-electron chi connectivity index (χ4n) is 2.91. The van der Waals surface area contributed by atoms with E-state index in [9.17, 15) is 4.79 Å². The third-order valence-electron chi connectivity index (χ3n) is 4.81. The molecule has 1 aromatic heterocycles. The van der Waals surface area contributed by atoms with Crippen LogP contribution in [-0.4, -0.2) is 28.9 Å². The number of thiazole rings is 1.